The topological polar surface area (TPSA) is 68.4 Å². The summed E-state index contributed by atoms with van der Waals surface area (Å²) in [5.41, 5.74) is 3.22. The lowest BCUT2D eigenvalue weighted by Gasteiger charge is -2.21. The molecule has 0 saturated carbocycles. The third-order valence-corrected chi connectivity index (χ3v) is 7.58. The monoisotopic (exact) mass is 589 g/mol. The van der Waals surface area contributed by atoms with Gasteiger partial charge in [-0.05, 0) is 75.3 Å². The first-order valence-corrected chi connectivity index (χ1v) is 14.3. The van der Waals surface area contributed by atoms with Crippen LogP contribution in [0.1, 0.15) is 25.0 Å². The van der Waals surface area contributed by atoms with E-state index in [1.165, 1.54) is 14.7 Å². The van der Waals surface area contributed by atoms with Crippen LogP contribution in [0.5, 0.6) is 11.5 Å². The number of hydrogen-bond donors (Lipinski definition) is 2. The summed E-state index contributed by atoms with van der Waals surface area (Å²) in [5, 5.41) is 14.7. The number of pyridine rings is 1. The van der Waals surface area contributed by atoms with Gasteiger partial charge < -0.3 is 19.7 Å². The third kappa shape index (κ3) is 5.05. The Hall–Kier alpha value is -2.27. The van der Waals surface area contributed by atoms with Crippen molar-refractivity contribution in [3.05, 3.63) is 82.4 Å². The van der Waals surface area contributed by atoms with E-state index in [2.05, 4.69) is 38.7 Å². The van der Waals surface area contributed by atoms with Crippen molar-refractivity contribution in [1.29, 1.82) is 0 Å². The van der Waals surface area contributed by atoms with Crippen LogP contribution in [-0.2, 0) is 19.1 Å². The Kier molecular flexibility index (Phi) is 7.42. The van der Waals surface area contributed by atoms with E-state index in [1.807, 2.05) is 59.8 Å². The zero-order valence-electron chi connectivity index (χ0n) is 19.6. The predicted octanol–water partition coefficient (Wildman–Crippen LogP) is 5.63. The second kappa shape index (κ2) is 10.2. The van der Waals surface area contributed by atoms with E-state index in [0.717, 1.165) is 40.8 Å². The quantitative estimate of drug-likeness (QED) is 0.261. The molecule has 0 aliphatic carbocycles. The zero-order valence-corrected chi connectivity index (χ0v) is 22.6. The van der Waals surface area contributed by atoms with Gasteiger partial charge in [0.2, 0.25) is 0 Å². The molecule has 0 radical (unpaired) electrons. The van der Waals surface area contributed by atoms with Gasteiger partial charge in [-0.2, -0.15) is 0 Å². The molecular formula is C26H28IN3O3S. The summed E-state index contributed by atoms with van der Waals surface area (Å²) in [5.74, 6) is 1.39. The fourth-order valence-electron chi connectivity index (χ4n) is 3.93. The molecule has 0 aliphatic rings. The normalized spacial score (nSPS) is 11.8. The van der Waals surface area contributed by atoms with Crippen molar-refractivity contribution in [2.45, 2.75) is 25.9 Å². The molecule has 0 amide bonds. The minimum Gasteiger partial charge on any atom is -0.457 e. The van der Waals surface area contributed by atoms with Gasteiger partial charge in [0, 0.05) is 66.3 Å². The van der Waals surface area contributed by atoms with Gasteiger partial charge in [-0.1, -0.05) is 18.2 Å². The van der Waals surface area contributed by atoms with Crippen molar-refractivity contribution in [3.63, 3.8) is 0 Å². The Morgan fingerprint density at radius 1 is 1.12 bits per heavy atom. The largest absolute Gasteiger partial charge is 0.457 e. The molecule has 0 aliphatic heterocycles. The molecule has 34 heavy (non-hydrogen) atoms. The molecule has 0 unspecified atom stereocenters. The van der Waals surface area contributed by atoms with Crippen LogP contribution in [0, 0.1) is 0 Å². The summed E-state index contributed by atoms with van der Waals surface area (Å²) < 4.78 is 9.81. The molecule has 0 spiro atoms. The number of nitrogens with one attached hydrogen (secondary N) is 1. The fraction of sp³-hybridized carbons (Fsp3) is 0.269. The van der Waals surface area contributed by atoms with Crippen LogP contribution in [0.25, 0.3) is 22.0 Å². The van der Waals surface area contributed by atoms with Crippen LogP contribution in [0.15, 0.2) is 65.7 Å². The number of ether oxygens (including phenoxy) is 1. The molecule has 4 aromatic rings. The molecule has 0 fully saturated rings. The van der Waals surface area contributed by atoms with E-state index in [1.54, 1.807) is 25.5 Å². The van der Waals surface area contributed by atoms with Crippen molar-refractivity contribution in [1.82, 2.24) is 13.9 Å². The van der Waals surface area contributed by atoms with Gasteiger partial charge in [-0.25, -0.2) is 0 Å². The Morgan fingerprint density at radius 2 is 1.85 bits per heavy atom. The molecular weight excluding hydrogens is 561 g/mol. The van der Waals surface area contributed by atoms with E-state index in [-0.39, 0.29) is 5.56 Å². The van der Waals surface area contributed by atoms with Gasteiger partial charge in [0.25, 0.3) is 5.56 Å². The Morgan fingerprint density at radius 3 is 2.50 bits per heavy atom. The van der Waals surface area contributed by atoms with E-state index in [0.29, 0.717) is 11.3 Å². The molecule has 4 rings (SSSR count). The van der Waals surface area contributed by atoms with Crippen molar-refractivity contribution < 1.29 is 9.84 Å². The number of aryl methyl sites for hydroxylation is 1. The highest BCUT2D eigenvalue weighted by molar-refractivity contribution is 14.2. The second-order valence-corrected chi connectivity index (χ2v) is 10.5. The van der Waals surface area contributed by atoms with Gasteiger partial charge in [-0.15, -0.1) is 0 Å². The van der Waals surface area contributed by atoms with Gasteiger partial charge >= 0.3 is 0 Å². The Labute approximate surface area is 215 Å². The molecule has 178 valence electrons. The summed E-state index contributed by atoms with van der Waals surface area (Å²) in [6.45, 7) is 4.44. The number of fused-ring (bicyclic) bond motifs is 1. The second-order valence-electron chi connectivity index (χ2n) is 8.80. The maximum atomic E-state index is 12.9. The molecule has 0 atom stereocenters. The SMILES string of the molecule is CNCCc1ccc(Oc2ccc(C(C)(C)O)cc2-c2cn(C)c(=O)c3c2ccn3SI)cc1. The first kappa shape index (κ1) is 24.8. The highest BCUT2D eigenvalue weighted by atomic mass is 127. The number of aliphatic hydroxyl groups is 1. The molecule has 0 saturated heterocycles. The van der Waals surface area contributed by atoms with Gasteiger partial charge in [0.1, 0.15) is 17.0 Å². The predicted molar refractivity (Wildman–Crippen MR) is 149 cm³/mol. The van der Waals surface area contributed by atoms with Crippen molar-refractivity contribution >= 4 is 41.2 Å². The van der Waals surface area contributed by atoms with Crippen molar-refractivity contribution in [2.24, 2.45) is 7.05 Å². The van der Waals surface area contributed by atoms with Crippen LogP contribution in [0.2, 0.25) is 0 Å². The first-order chi connectivity index (χ1) is 16.2. The summed E-state index contributed by atoms with van der Waals surface area (Å²) in [4.78, 5) is 12.9. The summed E-state index contributed by atoms with van der Waals surface area (Å²) >= 11 is 2.17. The lowest BCUT2D eigenvalue weighted by Crippen LogP contribution is -2.18. The Balaban J connectivity index is 1.86. The van der Waals surface area contributed by atoms with Crippen molar-refractivity contribution in [2.75, 3.05) is 13.6 Å². The van der Waals surface area contributed by atoms with E-state index >= 15 is 0 Å². The molecule has 2 heterocycles. The average molecular weight is 589 g/mol. The fourth-order valence-corrected chi connectivity index (χ4v) is 5.27. The van der Waals surface area contributed by atoms with E-state index in [9.17, 15) is 9.90 Å². The Bertz CT molecular complexity index is 1370. The maximum absolute atomic E-state index is 12.9. The molecule has 8 heteroatoms. The maximum Gasteiger partial charge on any atom is 0.275 e. The standard InChI is InChI=1S/C26H28IN3O3S/c1-26(2,32)18-7-10-23(33-19-8-5-17(6-9-19)11-13-28-3)21(15-18)22-16-29(4)25(31)24-20(22)12-14-30(24)34-27/h5-10,12,14-16,28,32H,11,13H2,1-4H3. The first-order valence-electron chi connectivity index (χ1n) is 11.0. The molecule has 2 N–H and O–H groups in total. The van der Waals surface area contributed by atoms with Gasteiger partial charge in [0.05, 0.1) is 5.60 Å². The van der Waals surface area contributed by atoms with Crippen LogP contribution in [0.3, 0.4) is 0 Å². The van der Waals surface area contributed by atoms with Gasteiger partial charge in [-0.3, -0.25) is 8.77 Å². The molecule has 6 nitrogen and oxygen atoms in total. The minimum atomic E-state index is -1.02. The number of hydrogen-bond acceptors (Lipinski definition) is 5. The van der Waals surface area contributed by atoms with Gasteiger partial charge in [0.15, 0.2) is 0 Å². The summed E-state index contributed by atoms with van der Waals surface area (Å²) in [6, 6.07) is 15.7. The summed E-state index contributed by atoms with van der Waals surface area (Å²) in [6.07, 6.45) is 4.69. The highest BCUT2D eigenvalue weighted by Crippen LogP contribution is 2.40. The molecule has 2 aromatic carbocycles. The number of benzene rings is 2. The minimum absolute atomic E-state index is 0.0637. The molecule has 2 aromatic heterocycles. The number of aromatic nitrogens is 2. The number of nitrogens with zero attached hydrogens (tertiary/aromatic N) is 2. The lowest BCUT2D eigenvalue weighted by molar-refractivity contribution is 0.0786. The number of halogens is 1. The zero-order chi connectivity index (χ0) is 24.5. The number of likely N-dealkylation sites (N-methyl/N-ethyl adjacent to an activating group) is 1. The van der Waals surface area contributed by atoms with Crippen LogP contribution in [0.4, 0.5) is 0 Å². The van der Waals surface area contributed by atoms with E-state index < -0.39 is 5.60 Å². The lowest BCUT2D eigenvalue weighted by atomic mass is 9.93. The van der Waals surface area contributed by atoms with Crippen LogP contribution < -0.4 is 15.6 Å². The smallest absolute Gasteiger partial charge is 0.275 e. The van der Waals surface area contributed by atoms with Crippen LogP contribution >= 0.6 is 30.3 Å². The average Bonchev–Trinajstić information content (AvgIpc) is 3.25. The summed E-state index contributed by atoms with van der Waals surface area (Å²) in [7, 11) is 5.15. The number of rotatable bonds is 8. The van der Waals surface area contributed by atoms with Crippen molar-refractivity contribution in [3.8, 4) is 22.6 Å². The third-order valence-electron chi connectivity index (χ3n) is 5.85. The highest BCUT2D eigenvalue weighted by Gasteiger charge is 2.22. The van der Waals surface area contributed by atoms with Crippen LogP contribution in [-0.4, -0.2) is 27.2 Å². The molecule has 0 bridgehead atoms. The van der Waals surface area contributed by atoms with E-state index in [4.69, 9.17) is 4.74 Å².